The molecule has 0 saturated heterocycles. The third-order valence-corrected chi connectivity index (χ3v) is 2.83. The molecule has 0 atom stereocenters. The van der Waals surface area contributed by atoms with Gasteiger partial charge in [0.25, 0.3) is 0 Å². The zero-order chi connectivity index (χ0) is 11.5. The first-order valence-corrected chi connectivity index (χ1v) is 6.01. The van der Waals surface area contributed by atoms with Crippen molar-refractivity contribution in [1.29, 1.82) is 0 Å². The molecule has 0 spiro atoms. The minimum atomic E-state index is 0.715. The van der Waals surface area contributed by atoms with Gasteiger partial charge in [0.05, 0.1) is 11.9 Å². The van der Waals surface area contributed by atoms with E-state index in [2.05, 4.69) is 26.0 Å². The van der Waals surface area contributed by atoms with Crippen molar-refractivity contribution in [3.8, 4) is 11.6 Å². The fourth-order valence-electron chi connectivity index (χ4n) is 1.48. The maximum Gasteiger partial charge on any atom is 0.221 e. The highest BCUT2D eigenvalue weighted by Crippen LogP contribution is 2.28. The first-order chi connectivity index (χ1) is 7.72. The Hall–Kier alpha value is -1.36. The number of hydrogen-bond acceptors (Lipinski definition) is 3. The molecule has 2 aromatic rings. The molecule has 2 aromatic heterocycles. The van der Waals surface area contributed by atoms with Gasteiger partial charge in [-0.2, -0.15) is 5.10 Å². The Labute approximate surface area is 102 Å². The molecule has 16 heavy (non-hydrogen) atoms. The minimum Gasteiger partial charge on any atom is -0.437 e. The first-order valence-electron chi connectivity index (χ1n) is 4.88. The number of aromatic nitrogens is 3. The highest BCUT2D eigenvalue weighted by Gasteiger charge is 2.14. The maximum absolute atomic E-state index is 5.76. The van der Waals surface area contributed by atoms with Crippen molar-refractivity contribution in [2.75, 3.05) is 0 Å². The van der Waals surface area contributed by atoms with Gasteiger partial charge in [0.1, 0.15) is 5.75 Å². The van der Waals surface area contributed by atoms with Crippen molar-refractivity contribution in [2.24, 2.45) is 7.05 Å². The van der Waals surface area contributed by atoms with Crippen molar-refractivity contribution < 1.29 is 4.74 Å². The van der Waals surface area contributed by atoms with Gasteiger partial charge in [-0.15, -0.1) is 0 Å². The largest absolute Gasteiger partial charge is 0.437 e. The van der Waals surface area contributed by atoms with Crippen LogP contribution < -0.4 is 4.74 Å². The quantitative estimate of drug-likeness (QED) is 0.813. The third kappa shape index (κ3) is 2.09. The Kier molecular flexibility index (Phi) is 3.24. The Morgan fingerprint density at radius 2 is 2.31 bits per heavy atom. The summed E-state index contributed by atoms with van der Waals surface area (Å²) < 4.78 is 7.50. The molecule has 0 aliphatic carbocycles. The fraction of sp³-hybridized carbons (Fsp3) is 0.273. The number of halogens is 1. The number of alkyl halides is 1. The lowest BCUT2D eigenvalue weighted by Gasteiger charge is -2.06. The van der Waals surface area contributed by atoms with Gasteiger partial charge in [-0.25, -0.2) is 4.68 Å². The van der Waals surface area contributed by atoms with E-state index in [4.69, 9.17) is 4.74 Å². The van der Waals surface area contributed by atoms with E-state index in [-0.39, 0.29) is 0 Å². The minimum absolute atomic E-state index is 0.715. The van der Waals surface area contributed by atoms with Crippen LogP contribution in [0.2, 0.25) is 0 Å². The molecular formula is C11H12BrN3O. The van der Waals surface area contributed by atoms with Crippen LogP contribution in [0.25, 0.3) is 0 Å². The number of nitrogens with zero attached hydrogens (tertiary/aromatic N) is 3. The number of pyridine rings is 1. The van der Waals surface area contributed by atoms with Gasteiger partial charge >= 0.3 is 0 Å². The molecule has 5 heteroatoms. The smallest absolute Gasteiger partial charge is 0.221 e. The molecule has 4 nitrogen and oxygen atoms in total. The summed E-state index contributed by atoms with van der Waals surface area (Å²) in [5.41, 5.74) is 2.03. The van der Waals surface area contributed by atoms with E-state index in [9.17, 15) is 0 Å². The predicted molar refractivity (Wildman–Crippen MR) is 64.9 cm³/mol. The van der Waals surface area contributed by atoms with Crippen LogP contribution in [0.3, 0.4) is 0 Å². The Bertz CT molecular complexity index is 481. The van der Waals surface area contributed by atoms with Crippen LogP contribution in [0.15, 0.2) is 24.5 Å². The summed E-state index contributed by atoms with van der Waals surface area (Å²) in [4.78, 5) is 4.01. The normalized spacial score (nSPS) is 10.4. The third-order valence-electron chi connectivity index (χ3n) is 2.27. The van der Waals surface area contributed by atoms with Gasteiger partial charge in [0, 0.05) is 24.1 Å². The zero-order valence-electron chi connectivity index (χ0n) is 9.14. The lowest BCUT2D eigenvalue weighted by Crippen LogP contribution is -1.96. The van der Waals surface area contributed by atoms with Crippen molar-refractivity contribution in [3.05, 3.63) is 35.8 Å². The van der Waals surface area contributed by atoms with E-state index >= 15 is 0 Å². The van der Waals surface area contributed by atoms with Crippen LogP contribution in [0.1, 0.15) is 11.3 Å². The predicted octanol–water partition coefficient (Wildman–Crippen LogP) is 2.81. The van der Waals surface area contributed by atoms with Crippen molar-refractivity contribution in [1.82, 2.24) is 14.8 Å². The van der Waals surface area contributed by atoms with E-state index in [1.165, 1.54) is 0 Å². The van der Waals surface area contributed by atoms with Crippen LogP contribution in [-0.4, -0.2) is 14.8 Å². The number of rotatable bonds is 3. The van der Waals surface area contributed by atoms with Crippen molar-refractivity contribution >= 4 is 15.9 Å². The van der Waals surface area contributed by atoms with Gasteiger partial charge in [0.15, 0.2) is 0 Å². The van der Waals surface area contributed by atoms with Crippen LogP contribution in [0.5, 0.6) is 11.6 Å². The molecule has 0 aromatic carbocycles. The van der Waals surface area contributed by atoms with Gasteiger partial charge in [-0.3, -0.25) is 4.98 Å². The molecule has 0 aliphatic heterocycles. The average Bonchev–Trinajstić information content (AvgIpc) is 2.55. The van der Waals surface area contributed by atoms with E-state index in [0.717, 1.165) is 22.5 Å². The molecule has 2 heterocycles. The summed E-state index contributed by atoms with van der Waals surface area (Å²) in [6, 6.07) is 3.71. The summed E-state index contributed by atoms with van der Waals surface area (Å²) in [6.45, 7) is 1.96. The zero-order valence-corrected chi connectivity index (χ0v) is 10.7. The van der Waals surface area contributed by atoms with E-state index in [1.807, 2.05) is 26.1 Å². The van der Waals surface area contributed by atoms with Crippen molar-refractivity contribution in [2.45, 2.75) is 12.3 Å². The van der Waals surface area contributed by atoms with Gasteiger partial charge in [0.2, 0.25) is 5.88 Å². The first kappa shape index (κ1) is 11.1. The molecule has 0 aliphatic rings. The van der Waals surface area contributed by atoms with Gasteiger partial charge in [-0.1, -0.05) is 15.9 Å². The number of aryl methyl sites for hydroxylation is 2. The number of ether oxygens (including phenoxy) is 1. The molecule has 0 unspecified atom stereocenters. The SMILES string of the molecule is Cc1nn(C)c(Oc2cccnc2)c1CBr. The molecule has 0 N–H and O–H groups in total. The summed E-state index contributed by atoms with van der Waals surface area (Å²) >= 11 is 3.44. The van der Waals surface area contributed by atoms with Crippen LogP contribution in [-0.2, 0) is 12.4 Å². The van der Waals surface area contributed by atoms with E-state index < -0.39 is 0 Å². The molecule has 0 bridgehead atoms. The van der Waals surface area contributed by atoms with E-state index in [1.54, 1.807) is 17.1 Å². The molecule has 84 valence electrons. The monoisotopic (exact) mass is 281 g/mol. The van der Waals surface area contributed by atoms with E-state index in [0.29, 0.717) is 5.75 Å². The Balaban J connectivity index is 2.34. The molecule has 0 radical (unpaired) electrons. The summed E-state index contributed by atoms with van der Waals surface area (Å²) in [7, 11) is 1.87. The summed E-state index contributed by atoms with van der Waals surface area (Å²) in [5, 5.41) is 5.04. The molecule has 2 rings (SSSR count). The molecule has 0 fully saturated rings. The maximum atomic E-state index is 5.76. The second-order valence-corrected chi connectivity index (χ2v) is 3.98. The Morgan fingerprint density at radius 3 is 2.94 bits per heavy atom. The highest BCUT2D eigenvalue weighted by atomic mass is 79.9. The molecule has 0 saturated carbocycles. The topological polar surface area (TPSA) is 39.9 Å². The molecular weight excluding hydrogens is 270 g/mol. The van der Waals surface area contributed by atoms with Crippen LogP contribution in [0.4, 0.5) is 0 Å². The lowest BCUT2D eigenvalue weighted by atomic mass is 10.3. The second-order valence-electron chi connectivity index (χ2n) is 3.42. The van der Waals surface area contributed by atoms with Crippen molar-refractivity contribution in [3.63, 3.8) is 0 Å². The number of hydrogen-bond donors (Lipinski definition) is 0. The highest BCUT2D eigenvalue weighted by molar-refractivity contribution is 9.08. The lowest BCUT2D eigenvalue weighted by molar-refractivity contribution is 0.426. The fourth-order valence-corrected chi connectivity index (χ4v) is 2.13. The van der Waals surface area contributed by atoms with Crippen LogP contribution >= 0.6 is 15.9 Å². The summed E-state index contributed by atoms with van der Waals surface area (Å²) in [6.07, 6.45) is 3.40. The van der Waals surface area contributed by atoms with Gasteiger partial charge in [-0.05, 0) is 19.1 Å². The standard InChI is InChI=1S/C11H12BrN3O/c1-8-10(6-12)11(15(2)14-8)16-9-4-3-5-13-7-9/h3-5,7H,6H2,1-2H3. The average molecular weight is 282 g/mol. The second kappa shape index (κ2) is 4.65. The Morgan fingerprint density at radius 1 is 1.50 bits per heavy atom. The molecule has 0 amide bonds. The van der Waals surface area contributed by atoms with Gasteiger partial charge < -0.3 is 4.74 Å². The van der Waals surface area contributed by atoms with Crippen LogP contribution in [0, 0.1) is 6.92 Å². The summed E-state index contributed by atoms with van der Waals surface area (Å²) in [5.74, 6) is 1.47.